The van der Waals surface area contributed by atoms with E-state index in [0.29, 0.717) is 6.54 Å². The minimum absolute atomic E-state index is 0.187. The minimum atomic E-state index is -3.78. The van der Waals surface area contributed by atoms with Gasteiger partial charge in [0.15, 0.2) is 0 Å². The van der Waals surface area contributed by atoms with Crippen LogP contribution >= 0.6 is 0 Å². The van der Waals surface area contributed by atoms with Crippen molar-refractivity contribution < 1.29 is 8.42 Å². The molecular weight excluding hydrogens is 288 g/mol. The van der Waals surface area contributed by atoms with E-state index in [2.05, 4.69) is 4.98 Å². The molecule has 1 aromatic carbocycles. The van der Waals surface area contributed by atoms with Gasteiger partial charge in [-0.3, -0.25) is 4.79 Å². The van der Waals surface area contributed by atoms with Gasteiger partial charge in [-0.2, -0.15) is 4.31 Å². The molecule has 1 atom stereocenters. The topological polar surface area (TPSA) is 70.2 Å². The van der Waals surface area contributed by atoms with Gasteiger partial charge in [0.2, 0.25) is 15.5 Å². The summed E-state index contributed by atoms with van der Waals surface area (Å²) in [6.45, 7) is 0.441. The molecule has 0 bridgehead atoms. The number of rotatable bonds is 3. The first-order valence-electron chi connectivity index (χ1n) is 6.84. The second-order valence-electron chi connectivity index (χ2n) is 5.06. The Hall–Kier alpha value is -1.92. The average Bonchev–Trinajstić information content (AvgIpc) is 2.99. The summed E-state index contributed by atoms with van der Waals surface area (Å²) in [5.74, 6) is 0. The summed E-state index contributed by atoms with van der Waals surface area (Å²) >= 11 is 0. The summed E-state index contributed by atoms with van der Waals surface area (Å²) in [5, 5.41) is 0. The van der Waals surface area contributed by atoms with Crippen LogP contribution in [0.5, 0.6) is 0 Å². The molecule has 1 aliphatic rings. The Labute approximate surface area is 123 Å². The Morgan fingerprint density at radius 2 is 1.90 bits per heavy atom. The smallest absolute Gasteiger partial charge is 0.248 e. The first-order chi connectivity index (χ1) is 10.1. The number of aromatic amines is 1. The van der Waals surface area contributed by atoms with E-state index >= 15 is 0 Å². The number of H-pyrrole nitrogens is 1. The molecule has 0 saturated carbocycles. The van der Waals surface area contributed by atoms with Gasteiger partial charge in [-0.15, -0.1) is 0 Å². The zero-order valence-electron chi connectivity index (χ0n) is 11.4. The Balaban J connectivity index is 2.03. The zero-order chi connectivity index (χ0) is 14.9. The van der Waals surface area contributed by atoms with Gasteiger partial charge in [-0.05, 0) is 18.4 Å². The molecule has 2 aromatic rings. The van der Waals surface area contributed by atoms with Gasteiger partial charge in [0.1, 0.15) is 4.90 Å². The van der Waals surface area contributed by atoms with Gasteiger partial charge in [-0.1, -0.05) is 30.3 Å². The predicted molar refractivity (Wildman–Crippen MR) is 79.4 cm³/mol. The number of sulfonamides is 1. The predicted octanol–water partition coefficient (Wildman–Crippen LogP) is 1.90. The molecule has 2 heterocycles. The summed E-state index contributed by atoms with van der Waals surface area (Å²) in [6.07, 6.45) is 4.26. The Kier molecular flexibility index (Phi) is 3.65. The number of aromatic nitrogens is 1. The number of hydrogen-bond donors (Lipinski definition) is 1. The number of pyridine rings is 1. The molecule has 1 N–H and O–H groups in total. The molecule has 0 aliphatic carbocycles. The maximum atomic E-state index is 12.7. The van der Waals surface area contributed by atoms with Crippen LogP contribution in [0.15, 0.2) is 58.5 Å². The normalized spacial score (nSPS) is 19.7. The van der Waals surface area contributed by atoms with Crippen molar-refractivity contribution in [2.24, 2.45) is 0 Å². The fourth-order valence-corrected chi connectivity index (χ4v) is 4.49. The molecule has 0 radical (unpaired) electrons. The fourth-order valence-electron chi connectivity index (χ4n) is 2.76. The Morgan fingerprint density at radius 1 is 1.14 bits per heavy atom. The van der Waals surface area contributed by atoms with Gasteiger partial charge in [0.25, 0.3) is 0 Å². The van der Waals surface area contributed by atoms with Crippen molar-refractivity contribution in [3.05, 3.63) is 64.6 Å². The summed E-state index contributed by atoms with van der Waals surface area (Å²) in [4.78, 5) is 14.3. The zero-order valence-corrected chi connectivity index (χ0v) is 12.2. The van der Waals surface area contributed by atoms with E-state index in [1.54, 1.807) is 0 Å². The molecular formula is C15H16N2O3S. The van der Waals surface area contributed by atoms with Crippen LogP contribution in [0.3, 0.4) is 0 Å². The van der Waals surface area contributed by atoms with Crippen LogP contribution in [0.1, 0.15) is 24.4 Å². The molecule has 6 heteroatoms. The summed E-state index contributed by atoms with van der Waals surface area (Å²) < 4.78 is 26.9. The monoisotopic (exact) mass is 304 g/mol. The Morgan fingerprint density at radius 3 is 2.62 bits per heavy atom. The number of nitrogens with one attached hydrogen (secondary N) is 1. The summed E-state index contributed by atoms with van der Waals surface area (Å²) in [6, 6.07) is 10.6. The molecule has 21 heavy (non-hydrogen) atoms. The second kappa shape index (κ2) is 5.46. The Bertz CT molecular complexity index is 784. The lowest BCUT2D eigenvalue weighted by Gasteiger charge is -2.24. The van der Waals surface area contributed by atoms with Crippen LogP contribution in [-0.2, 0) is 10.0 Å². The highest BCUT2D eigenvalue weighted by Crippen LogP contribution is 2.35. The lowest BCUT2D eigenvalue weighted by molar-refractivity contribution is 0.396. The van der Waals surface area contributed by atoms with Crippen molar-refractivity contribution in [3.8, 4) is 0 Å². The van der Waals surface area contributed by atoms with E-state index in [-0.39, 0.29) is 10.9 Å². The van der Waals surface area contributed by atoms with E-state index in [1.807, 2.05) is 30.3 Å². The van der Waals surface area contributed by atoms with Crippen molar-refractivity contribution in [2.45, 2.75) is 23.8 Å². The molecule has 1 aliphatic heterocycles. The van der Waals surface area contributed by atoms with Gasteiger partial charge < -0.3 is 4.98 Å². The van der Waals surface area contributed by atoms with Crippen LogP contribution in [0.25, 0.3) is 0 Å². The number of nitrogens with zero attached hydrogens (tertiary/aromatic N) is 1. The number of benzene rings is 1. The van der Waals surface area contributed by atoms with Gasteiger partial charge in [0.05, 0.1) is 6.04 Å². The SMILES string of the molecule is O=c1cc[nH]cc1S(=O)(=O)N1CCCC1c1ccccc1. The van der Waals surface area contributed by atoms with Gasteiger partial charge >= 0.3 is 0 Å². The second-order valence-corrected chi connectivity index (χ2v) is 6.92. The number of hydrogen-bond acceptors (Lipinski definition) is 3. The van der Waals surface area contributed by atoms with Crippen molar-refractivity contribution in [2.75, 3.05) is 6.54 Å². The third-order valence-electron chi connectivity index (χ3n) is 3.76. The average molecular weight is 304 g/mol. The third-order valence-corrected chi connectivity index (χ3v) is 5.69. The maximum Gasteiger partial charge on any atom is 0.248 e. The molecule has 110 valence electrons. The van der Waals surface area contributed by atoms with E-state index in [1.165, 1.54) is 22.8 Å². The van der Waals surface area contributed by atoms with E-state index < -0.39 is 15.5 Å². The summed E-state index contributed by atoms with van der Waals surface area (Å²) in [5.41, 5.74) is 0.485. The van der Waals surface area contributed by atoms with E-state index in [4.69, 9.17) is 0 Å². The van der Waals surface area contributed by atoms with Crippen molar-refractivity contribution in [3.63, 3.8) is 0 Å². The fraction of sp³-hybridized carbons (Fsp3) is 0.267. The molecule has 5 nitrogen and oxygen atoms in total. The molecule has 1 aromatic heterocycles. The van der Waals surface area contributed by atoms with E-state index in [9.17, 15) is 13.2 Å². The van der Waals surface area contributed by atoms with Crippen LogP contribution in [0.2, 0.25) is 0 Å². The largest absolute Gasteiger partial charge is 0.366 e. The molecule has 1 saturated heterocycles. The highest BCUT2D eigenvalue weighted by Gasteiger charge is 2.37. The van der Waals surface area contributed by atoms with Crippen molar-refractivity contribution in [1.82, 2.24) is 9.29 Å². The van der Waals surface area contributed by atoms with Gasteiger partial charge in [0, 0.05) is 25.0 Å². The quantitative estimate of drug-likeness (QED) is 0.941. The minimum Gasteiger partial charge on any atom is -0.366 e. The first kappa shape index (κ1) is 14.0. The molecule has 0 amide bonds. The van der Waals surface area contributed by atoms with E-state index in [0.717, 1.165) is 18.4 Å². The maximum absolute atomic E-state index is 12.7. The van der Waals surface area contributed by atoms with Gasteiger partial charge in [-0.25, -0.2) is 8.42 Å². The highest BCUT2D eigenvalue weighted by molar-refractivity contribution is 7.89. The van der Waals surface area contributed by atoms with Crippen LogP contribution < -0.4 is 5.43 Å². The van der Waals surface area contributed by atoms with Crippen molar-refractivity contribution >= 4 is 10.0 Å². The van der Waals surface area contributed by atoms with Crippen LogP contribution in [0.4, 0.5) is 0 Å². The third kappa shape index (κ3) is 2.52. The van der Waals surface area contributed by atoms with Crippen LogP contribution in [0, 0.1) is 0 Å². The molecule has 1 fully saturated rings. The lowest BCUT2D eigenvalue weighted by Crippen LogP contribution is -2.33. The first-order valence-corrected chi connectivity index (χ1v) is 8.28. The summed E-state index contributed by atoms with van der Waals surface area (Å²) in [7, 11) is -3.78. The van der Waals surface area contributed by atoms with Crippen LogP contribution in [-0.4, -0.2) is 24.3 Å². The molecule has 3 rings (SSSR count). The molecule has 1 unspecified atom stereocenters. The molecule has 0 spiro atoms. The lowest BCUT2D eigenvalue weighted by atomic mass is 10.1. The highest BCUT2D eigenvalue weighted by atomic mass is 32.2. The standard InChI is InChI=1S/C15H16N2O3S/c18-14-8-9-16-11-15(14)21(19,20)17-10-4-7-13(17)12-5-2-1-3-6-12/h1-3,5-6,8-9,11,13H,4,7,10H2,(H,16,18). The van der Waals surface area contributed by atoms with Crippen molar-refractivity contribution in [1.29, 1.82) is 0 Å².